The van der Waals surface area contributed by atoms with Crippen LogP contribution >= 0.6 is 22.7 Å². The summed E-state index contributed by atoms with van der Waals surface area (Å²) in [5.41, 5.74) is 2.92. The Morgan fingerprint density at radius 3 is 2.89 bits per heavy atom. The Morgan fingerprint density at radius 1 is 1.33 bits per heavy atom. The second-order valence-corrected chi connectivity index (χ2v) is 6.17. The van der Waals surface area contributed by atoms with E-state index in [4.69, 9.17) is 4.98 Å². The standard InChI is InChI=1S/C12H16N4S2/c1-9(16-4-2-13-3-5-16)12-15-10(7-17-12)11-6-14-8-18-11/h6-9,13H,2-5H2,1H3. The lowest BCUT2D eigenvalue weighted by Gasteiger charge is -2.31. The maximum Gasteiger partial charge on any atom is 0.110 e. The smallest absolute Gasteiger partial charge is 0.110 e. The predicted molar refractivity (Wildman–Crippen MR) is 76.1 cm³/mol. The number of aromatic nitrogens is 2. The normalized spacial score (nSPS) is 18.9. The molecule has 1 aliphatic heterocycles. The van der Waals surface area contributed by atoms with Crippen LogP contribution in [0.5, 0.6) is 0 Å². The van der Waals surface area contributed by atoms with Gasteiger partial charge >= 0.3 is 0 Å². The fourth-order valence-electron chi connectivity index (χ4n) is 2.16. The number of piperazine rings is 1. The zero-order chi connectivity index (χ0) is 12.4. The molecule has 96 valence electrons. The molecule has 0 bridgehead atoms. The molecule has 4 nitrogen and oxygen atoms in total. The van der Waals surface area contributed by atoms with Gasteiger partial charge in [-0.05, 0) is 6.92 Å². The van der Waals surface area contributed by atoms with Gasteiger partial charge in [-0.1, -0.05) is 0 Å². The third-order valence-corrected chi connectivity index (χ3v) is 5.07. The van der Waals surface area contributed by atoms with Crippen molar-refractivity contribution in [1.82, 2.24) is 20.2 Å². The highest BCUT2D eigenvalue weighted by Crippen LogP contribution is 2.29. The van der Waals surface area contributed by atoms with Crippen LogP contribution in [0, 0.1) is 0 Å². The summed E-state index contributed by atoms with van der Waals surface area (Å²) in [6.07, 6.45) is 1.89. The highest BCUT2D eigenvalue weighted by Gasteiger charge is 2.20. The molecule has 1 unspecified atom stereocenters. The molecule has 0 aliphatic carbocycles. The maximum atomic E-state index is 4.75. The maximum absolute atomic E-state index is 4.75. The zero-order valence-electron chi connectivity index (χ0n) is 10.3. The van der Waals surface area contributed by atoms with Crippen LogP contribution in [0.15, 0.2) is 17.1 Å². The topological polar surface area (TPSA) is 41.1 Å². The summed E-state index contributed by atoms with van der Waals surface area (Å²) < 4.78 is 0. The molecule has 3 rings (SSSR count). The minimum absolute atomic E-state index is 0.416. The van der Waals surface area contributed by atoms with Crippen LogP contribution in [0.4, 0.5) is 0 Å². The van der Waals surface area contributed by atoms with E-state index in [0.717, 1.165) is 36.8 Å². The van der Waals surface area contributed by atoms with Crippen molar-refractivity contribution in [2.24, 2.45) is 0 Å². The van der Waals surface area contributed by atoms with Crippen molar-refractivity contribution in [3.05, 3.63) is 22.1 Å². The minimum atomic E-state index is 0.416. The first kappa shape index (κ1) is 12.2. The van der Waals surface area contributed by atoms with Gasteiger partial charge in [0, 0.05) is 37.8 Å². The first-order chi connectivity index (χ1) is 8.84. The van der Waals surface area contributed by atoms with Crippen LogP contribution in [0.25, 0.3) is 10.6 Å². The van der Waals surface area contributed by atoms with Crippen LogP contribution in [0.2, 0.25) is 0 Å². The van der Waals surface area contributed by atoms with Gasteiger partial charge < -0.3 is 5.32 Å². The summed E-state index contributed by atoms with van der Waals surface area (Å²) in [5, 5.41) is 6.73. The van der Waals surface area contributed by atoms with Crippen molar-refractivity contribution in [2.75, 3.05) is 26.2 Å². The molecule has 1 atom stereocenters. The minimum Gasteiger partial charge on any atom is -0.314 e. The Balaban J connectivity index is 1.76. The van der Waals surface area contributed by atoms with Crippen molar-refractivity contribution in [1.29, 1.82) is 0 Å². The molecule has 2 aromatic heterocycles. The van der Waals surface area contributed by atoms with Gasteiger partial charge in [0.2, 0.25) is 0 Å². The van der Waals surface area contributed by atoms with Gasteiger partial charge in [-0.25, -0.2) is 4.98 Å². The summed E-state index contributed by atoms with van der Waals surface area (Å²) in [4.78, 5) is 12.5. The SMILES string of the molecule is CC(c1nc(-c2cncs2)cs1)N1CCNCC1. The average Bonchev–Trinajstić information content (AvgIpc) is 3.09. The van der Waals surface area contributed by atoms with E-state index in [0.29, 0.717) is 6.04 Å². The van der Waals surface area contributed by atoms with Gasteiger partial charge in [0.05, 0.1) is 22.1 Å². The first-order valence-electron chi connectivity index (χ1n) is 6.13. The molecular weight excluding hydrogens is 264 g/mol. The molecular formula is C12H16N4S2. The van der Waals surface area contributed by atoms with Crippen LogP contribution in [-0.4, -0.2) is 41.0 Å². The monoisotopic (exact) mass is 280 g/mol. The van der Waals surface area contributed by atoms with Crippen molar-refractivity contribution >= 4 is 22.7 Å². The molecule has 1 fully saturated rings. The average molecular weight is 280 g/mol. The van der Waals surface area contributed by atoms with Crippen molar-refractivity contribution in [3.8, 4) is 10.6 Å². The summed E-state index contributed by atoms with van der Waals surface area (Å²) in [6, 6.07) is 0.416. The molecule has 2 aromatic rings. The third-order valence-electron chi connectivity index (χ3n) is 3.26. The molecule has 0 aromatic carbocycles. The lowest BCUT2D eigenvalue weighted by Crippen LogP contribution is -2.44. The second-order valence-electron chi connectivity index (χ2n) is 4.40. The highest BCUT2D eigenvalue weighted by molar-refractivity contribution is 7.14. The van der Waals surface area contributed by atoms with Crippen molar-refractivity contribution < 1.29 is 0 Å². The molecule has 1 aliphatic rings. The van der Waals surface area contributed by atoms with Gasteiger partial charge in [-0.2, -0.15) is 0 Å². The zero-order valence-corrected chi connectivity index (χ0v) is 11.9. The number of rotatable bonds is 3. The molecule has 0 spiro atoms. The Kier molecular flexibility index (Phi) is 3.69. The quantitative estimate of drug-likeness (QED) is 0.936. The highest BCUT2D eigenvalue weighted by atomic mass is 32.1. The lowest BCUT2D eigenvalue weighted by molar-refractivity contribution is 0.185. The number of thiazole rings is 2. The number of nitrogens with zero attached hydrogens (tertiary/aromatic N) is 3. The molecule has 1 saturated heterocycles. The first-order valence-corrected chi connectivity index (χ1v) is 7.89. The van der Waals surface area contributed by atoms with E-state index in [1.165, 1.54) is 5.01 Å². The molecule has 0 saturated carbocycles. The summed E-state index contributed by atoms with van der Waals surface area (Å²) in [7, 11) is 0. The predicted octanol–water partition coefficient (Wildman–Crippen LogP) is 2.23. The van der Waals surface area contributed by atoms with Crippen LogP contribution in [0.3, 0.4) is 0 Å². The van der Waals surface area contributed by atoms with E-state index in [1.54, 1.807) is 22.7 Å². The van der Waals surface area contributed by atoms with Crippen molar-refractivity contribution in [3.63, 3.8) is 0 Å². The van der Waals surface area contributed by atoms with E-state index >= 15 is 0 Å². The number of hydrogen-bond donors (Lipinski definition) is 1. The second kappa shape index (κ2) is 5.44. The van der Waals surface area contributed by atoms with Crippen molar-refractivity contribution in [2.45, 2.75) is 13.0 Å². The fourth-order valence-corrected chi connectivity index (χ4v) is 3.73. The molecule has 18 heavy (non-hydrogen) atoms. The van der Waals surface area contributed by atoms with E-state index in [1.807, 2.05) is 11.7 Å². The molecule has 3 heterocycles. The summed E-state index contributed by atoms with van der Waals surface area (Å²) >= 11 is 3.40. The molecule has 0 amide bonds. The van der Waals surface area contributed by atoms with Gasteiger partial charge in [0.1, 0.15) is 5.01 Å². The summed E-state index contributed by atoms with van der Waals surface area (Å²) in [5.74, 6) is 0. The van der Waals surface area contributed by atoms with Crippen LogP contribution in [-0.2, 0) is 0 Å². The van der Waals surface area contributed by atoms with Gasteiger partial charge in [-0.3, -0.25) is 9.88 Å². The van der Waals surface area contributed by atoms with Crippen LogP contribution in [0.1, 0.15) is 18.0 Å². The van der Waals surface area contributed by atoms with Gasteiger partial charge in [0.15, 0.2) is 0 Å². The van der Waals surface area contributed by atoms with Crippen LogP contribution < -0.4 is 5.32 Å². The fraction of sp³-hybridized carbons (Fsp3) is 0.500. The van der Waals surface area contributed by atoms with E-state index < -0.39 is 0 Å². The molecule has 6 heteroatoms. The Hall–Kier alpha value is -0.820. The third kappa shape index (κ3) is 2.47. The Bertz CT molecular complexity index is 488. The van der Waals surface area contributed by atoms with Gasteiger partial charge in [-0.15, -0.1) is 22.7 Å². The van der Waals surface area contributed by atoms with E-state index in [2.05, 4.69) is 27.5 Å². The molecule has 1 N–H and O–H groups in total. The Morgan fingerprint density at radius 2 is 2.17 bits per heavy atom. The van der Waals surface area contributed by atoms with E-state index in [9.17, 15) is 0 Å². The number of hydrogen-bond acceptors (Lipinski definition) is 6. The lowest BCUT2D eigenvalue weighted by atomic mass is 10.2. The summed E-state index contributed by atoms with van der Waals surface area (Å²) in [6.45, 7) is 6.63. The molecule has 0 radical (unpaired) electrons. The van der Waals surface area contributed by atoms with Gasteiger partial charge in [0.25, 0.3) is 0 Å². The largest absolute Gasteiger partial charge is 0.314 e. The van der Waals surface area contributed by atoms with E-state index in [-0.39, 0.29) is 0 Å². The Labute approximate surface area is 115 Å². The number of nitrogens with one attached hydrogen (secondary N) is 1.